The average molecular weight is 892 g/mol. The highest BCUT2D eigenvalue weighted by Crippen LogP contribution is 2.43. The third kappa shape index (κ3) is 7.59. The van der Waals surface area contributed by atoms with Crippen LogP contribution in [0.3, 0.4) is 0 Å². The summed E-state index contributed by atoms with van der Waals surface area (Å²) in [6.45, 7) is 0. The van der Waals surface area contributed by atoms with Crippen molar-refractivity contribution >= 4 is 60.3 Å². The van der Waals surface area contributed by atoms with E-state index in [1.54, 1.807) is 0 Å². The molecule has 0 aliphatic carbocycles. The maximum absolute atomic E-state index is 6.62. The van der Waals surface area contributed by atoms with Crippen molar-refractivity contribution in [2.24, 2.45) is 0 Å². The topological polar surface area (TPSA) is 16.4 Å². The summed E-state index contributed by atoms with van der Waals surface area (Å²) >= 11 is 0. The lowest BCUT2D eigenvalue weighted by Gasteiger charge is -2.26. The van der Waals surface area contributed by atoms with Crippen LogP contribution in [0.5, 0.6) is 0 Å². The summed E-state index contributed by atoms with van der Waals surface area (Å²) in [5.74, 6) is 0.876. The van der Waals surface area contributed by atoms with Gasteiger partial charge in [-0.2, -0.15) is 0 Å². The van der Waals surface area contributed by atoms with E-state index in [1.165, 1.54) is 65.7 Å². The van der Waals surface area contributed by atoms with Gasteiger partial charge < -0.3 is 9.32 Å². The summed E-state index contributed by atoms with van der Waals surface area (Å²) in [6.07, 6.45) is 0. The molecular weight excluding hydrogens is 847 g/mol. The monoisotopic (exact) mass is 891 g/mol. The minimum atomic E-state index is 0.876. The zero-order chi connectivity index (χ0) is 46.4. The number of furan rings is 1. The molecule has 70 heavy (non-hydrogen) atoms. The van der Waals surface area contributed by atoms with Gasteiger partial charge in [0.15, 0.2) is 0 Å². The largest absolute Gasteiger partial charge is 0.455 e. The number of nitrogens with zero attached hydrogens (tertiary/aromatic N) is 1. The van der Waals surface area contributed by atoms with Gasteiger partial charge in [-0.1, -0.05) is 206 Å². The molecule has 1 aromatic heterocycles. The minimum absolute atomic E-state index is 0.876. The molecule has 0 spiro atoms. The van der Waals surface area contributed by atoms with Crippen LogP contribution in [0, 0.1) is 0 Å². The molecule has 0 saturated heterocycles. The zero-order valence-electron chi connectivity index (χ0n) is 38.3. The quantitative estimate of drug-likeness (QED) is 0.134. The Kier molecular flexibility index (Phi) is 10.2. The Morgan fingerprint density at radius 1 is 0.229 bits per heavy atom. The van der Waals surface area contributed by atoms with E-state index >= 15 is 0 Å². The number of benzene rings is 12. The standard InChI is InChI=1S/C68H45NO/c1-2-14-51(15-3-1)67-65-22-8-9-23-66(65)70-68(67)59-20-11-18-54(45-59)48-30-37-61(38-31-48)69(62-39-32-49(33-40-62)56-34-41-64-58(44-56)27-25-50-13-6-7-21-63(50)64)60-35-28-47(29-36-60)53-17-10-19-55(42-53)57-26-24-46-12-4-5-16-52(46)43-57/h1-45H. The third-order valence-electron chi connectivity index (χ3n) is 13.8. The first kappa shape index (κ1) is 41.0. The maximum atomic E-state index is 6.62. The number of fused-ring (bicyclic) bond motifs is 5. The third-order valence-corrected chi connectivity index (χ3v) is 13.8. The highest BCUT2D eigenvalue weighted by molar-refractivity contribution is 6.08. The van der Waals surface area contributed by atoms with E-state index < -0.39 is 0 Å². The molecule has 0 bridgehead atoms. The lowest BCUT2D eigenvalue weighted by Crippen LogP contribution is -2.09. The highest BCUT2D eigenvalue weighted by atomic mass is 16.3. The molecule has 0 saturated carbocycles. The van der Waals surface area contributed by atoms with Crippen LogP contribution in [-0.4, -0.2) is 0 Å². The van der Waals surface area contributed by atoms with Crippen LogP contribution in [0.15, 0.2) is 277 Å². The van der Waals surface area contributed by atoms with Crippen molar-refractivity contribution in [3.8, 4) is 67.0 Å². The van der Waals surface area contributed by atoms with E-state index in [4.69, 9.17) is 4.42 Å². The van der Waals surface area contributed by atoms with Crippen LogP contribution >= 0.6 is 0 Å². The minimum Gasteiger partial charge on any atom is -0.455 e. The fraction of sp³-hybridized carbons (Fsp3) is 0. The lowest BCUT2D eigenvalue weighted by atomic mass is 9.96. The average Bonchev–Trinajstić information content (AvgIpc) is 3.84. The van der Waals surface area contributed by atoms with Gasteiger partial charge in [0.05, 0.1) is 0 Å². The van der Waals surface area contributed by atoms with Gasteiger partial charge in [-0.25, -0.2) is 0 Å². The summed E-state index contributed by atoms with van der Waals surface area (Å²) in [5.41, 5.74) is 16.8. The Balaban J connectivity index is 0.853. The first-order valence-electron chi connectivity index (χ1n) is 24.0. The summed E-state index contributed by atoms with van der Waals surface area (Å²) < 4.78 is 6.62. The maximum Gasteiger partial charge on any atom is 0.143 e. The Morgan fingerprint density at radius 2 is 0.643 bits per heavy atom. The van der Waals surface area contributed by atoms with Crippen molar-refractivity contribution in [2.45, 2.75) is 0 Å². The second-order valence-electron chi connectivity index (χ2n) is 18.1. The second-order valence-corrected chi connectivity index (χ2v) is 18.1. The van der Waals surface area contributed by atoms with Crippen LogP contribution < -0.4 is 4.90 Å². The van der Waals surface area contributed by atoms with Crippen molar-refractivity contribution in [1.29, 1.82) is 0 Å². The predicted molar refractivity (Wildman–Crippen MR) is 296 cm³/mol. The Bertz CT molecular complexity index is 4040. The molecule has 0 aliphatic heterocycles. The highest BCUT2D eigenvalue weighted by Gasteiger charge is 2.19. The number of hydrogen-bond donors (Lipinski definition) is 0. The van der Waals surface area contributed by atoms with Gasteiger partial charge in [-0.3, -0.25) is 0 Å². The van der Waals surface area contributed by atoms with Crippen molar-refractivity contribution in [1.82, 2.24) is 0 Å². The Hall–Kier alpha value is -9.24. The normalized spacial score (nSPS) is 11.4. The molecule has 0 atom stereocenters. The molecule has 1 heterocycles. The van der Waals surface area contributed by atoms with Gasteiger partial charge >= 0.3 is 0 Å². The molecule has 0 fully saturated rings. The fourth-order valence-electron chi connectivity index (χ4n) is 10.3. The molecular formula is C68H45NO. The van der Waals surface area contributed by atoms with Gasteiger partial charge in [0.2, 0.25) is 0 Å². The van der Waals surface area contributed by atoms with E-state index in [0.29, 0.717) is 0 Å². The number of hydrogen-bond acceptors (Lipinski definition) is 2. The molecule has 0 aliphatic rings. The fourth-order valence-corrected chi connectivity index (χ4v) is 10.3. The summed E-state index contributed by atoms with van der Waals surface area (Å²) in [5, 5.41) is 8.66. The first-order chi connectivity index (χ1) is 34.7. The molecule has 12 aromatic carbocycles. The van der Waals surface area contributed by atoms with Gasteiger partial charge in [-0.15, -0.1) is 0 Å². The Morgan fingerprint density at radius 3 is 1.31 bits per heavy atom. The van der Waals surface area contributed by atoms with Gasteiger partial charge in [0, 0.05) is 33.6 Å². The molecule has 13 aromatic rings. The van der Waals surface area contributed by atoms with Crippen molar-refractivity contribution in [3.05, 3.63) is 273 Å². The van der Waals surface area contributed by atoms with Crippen molar-refractivity contribution in [3.63, 3.8) is 0 Å². The van der Waals surface area contributed by atoms with E-state index in [-0.39, 0.29) is 0 Å². The van der Waals surface area contributed by atoms with Crippen LogP contribution in [0.2, 0.25) is 0 Å². The van der Waals surface area contributed by atoms with Crippen LogP contribution in [0.25, 0.3) is 110 Å². The molecule has 0 unspecified atom stereocenters. The SMILES string of the molecule is c1ccc(-c2c(-c3cccc(-c4ccc(N(c5ccc(-c6cccc(-c7ccc8ccccc8c7)c6)cc5)c5ccc(-c6ccc7c(ccc8ccccc87)c6)cc5)cc4)c3)oc3ccccc23)cc1. The lowest BCUT2D eigenvalue weighted by molar-refractivity contribution is 0.632. The van der Waals surface area contributed by atoms with E-state index in [1.807, 2.05) is 6.07 Å². The van der Waals surface area contributed by atoms with Crippen molar-refractivity contribution in [2.75, 3.05) is 4.90 Å². The number of rotatable bonds is 9. The van der Waals surface area contributed by atoms with Crippen LogP contribution in [0.1, 0.15) is 0 Å². The predicted octanol–water partition coefficient (Wildman–Crippen LogP) is 19.4. The molecule has 13 rings (SSSR count). The van der Waals surface area contributed by atoms with Crippen LogP contribution in [-0.2, 0) is 0 Å². The molecule has 328 valence electrons. The zero-order valence-corrected chi connectivity index (χ0v) is 38.3. The van der Waals surface area contributed by atoms with E-state index in [9.17, 15) is 0 Å². The van der Waals surface area contributed by atoms with E-state index in [2.05, 4.69) is 272 Å². The van der Waals surface area contributed by atoms with Gasteiger partial charge in [0.25, 0.3) is 0 Å². The summed E-state index contributed by atoms with van der Waals surface area (Å²) in [4.78, 5) is 2.35. The molecule has 0 radical (unpaired) electrons. The summed E-state index contributed by atoms with van der Waals surface area (Å²) in [6, 6.07) is 98.5. The number of anilines is 3. The molecule has 2 nitrogen and oxygen atoms in total. The van der Waals surface area contributed by atoms with Gasteiger partial charge in [0.1, 0.15) is 11.3 Å². The smallest absolute Gasteiger partial charge is 0.143 e. The number of para-hydroxylation sites is 1. The van der Waals surface area contributed by atoms with Crippen LogP contribution in [0.4, 0.5) is 17.1 Å². The second kappa shape index (κ2) is 17.4. The molecule has 0 N–H and O–H groups in total. The van der Waals surface area contributed by atoms with Crippen molar-refractivity contribution < 1.29 is 4.42 Å². The molecule has 0 amide bonds. The van der Waals surface area contributed by atoms with E-state index in [0.717, 1.165) is 61.6 Å². The summed E-state index contributed by atoms with van der Waals surface area (Å²) in [7, 11) is 0. The Labute approximate surface area is 407 Å². The molecule has 2 heteroatoms. The first-order valence-corrected chi connectivity index (χ1v) is 24.0. The van der Waals surface area contributed by atoms with Gasteiger partial charge in [-0.05, 0) is 149 Å².